The van der Waals surface area contributed by atoms with Gasteiger partial charge in [-0.1, -0.05) is 0 Å². The van der Waals surface area contributed by atoms with Gasteiger partial charge >= 0.3 is 6.18 Å². The van der Waals surface area contributed by atoms with Gasteiger partial charge in [-0.3, -0.25) is 25.1 Å². The molecule has 0 unspecified atom stereocenters. The summed E-state index contributed by atoms with van der Waals surface area (Å²) in [5.41, 5.74) is 3.70. The molecular weight excluding hydrogens is 361 g/mol. The van der Waals surface area contributed by atoms with Crippen LogP contribution in [0.2, 0.25) is 0 Å². The maximum Gasteiger partial charge on any atom is 0.435 e. The Morgan fingerprint density at radius 2 is 1.63 bits per heavy atom. The van der Waals surface area contributed by atoms with Crippen LogP contribution in [0.4, 0.5) is 13.2 Å². The summed E-state index contributed by atoms with van der Waals surface area (Å²) in [6, 6.07) is 0.804. The maximum absolute atomic E-state index is 12.5. The van der Waals surface area contributed by atoms with Crippen LogP contribution in [0.3, 0.4) is 0 Å². The molecule has 0 saturated heterocycles. The van der Waals surface area contributed by atoms with Crippen LogP contribution in [0.15, 0.2) is 12.3 Å². The number of rotatable bonds is 4. The van der Waals surface area contributed by atoms with E-state index < -0.39 is 24.3 Å². The number of nitrogens with one attached hydrogen (secondary N) is 2. The molecule has 2 N–H and O–H groups in total. The first kappa shape index (κ1) is 18.3. The highest BCUT2D eigenvalue weighted by Crippen LogP contribution is 2.61. The van der Waals surface area contributed by atoms with Crippen molar-refractivity contribution in [1.29, 1.82) is 0 Å². The second-order valence-electron chi connectivity index (χ2n) is 8.59. The van der Waals surface area contributed by atoms with Crippen molar-refractivity contribution in [2.75, 3.05) is 0 Å². The number of amides is 2. The number of nitrogens with zero attached hydrogens (tertiary/aromatic N) is 2. The average molecular weight is 384 g/mol. The van der Waals surface area contributed by atoms with Crippen LogP contribution in [0.25, 0.3) is 0 Å². The zero-order chi connectivity index (χ0) is 19.2. The van der Waals surface area contributed by atoms with E-state index >= 15 is 0 Å². The predicted octanol–water partition coefficient (Wildman–Crippen LogP) is 2.66. The number of halogens is 3. The van der Waals surface area contributed by atoms with Gasteiger partial charge in [0.25, 0.3) is 5.91 Å². The number of carbonyl (C=O) groups is 2. The van der Waals surface area contributed by atoms with E-state index in [0.717, 1.165) is 54.0 Å². The maximum atomic E-state index is 12.5. The minimum atomic E-state index is -4.55. The third kappa shape index (κ3) is 3.96. The predicted molar refractivity (Wildman–Crippen MR) is 88.7 cm³/mol. The fraction of sp³-hybridized carbons (Fsp3) is 0.722. The van der Waals surface area contributed by atoms with E-state index in [2.05, 4.69) is 16.0 Å². The summed E-state index contributed by atoms with van der Waals surface area (Å²) in [5, 5.41) is 3.31. The van der Waals surface area contributed by atoms with Gasteiger partial charge in [-0.25, -0.2) is 0 Å². The van der Waals surface area contributed by atoms with Crippen LogP contribution in [-0.4, -0.2) is 21.6 Å². The van der Waals surface area contributed by atoms with Crippen LogP contribution in [0, 0.1) is 23.2 Å². The summed E-state index contributed by atoms with van der Waals surface area (Å²) >= 11 is 0. The van der Waals surface area contributed by atoms with Gasteiger partial charge in [-0.05, 0) is 67.8 Å². The second kappa shape index (κ2) is 6.53. The first-order chi connectivity index (χ1) is 12.7. The normalized spacial score (nSPS) is 31.7. The standard InChI is InChI=1S/C18H23F3N4O2/c19-18(20,21)14-1-2-25(24-14)10-16(27)23-22-15(26)9-17-6-11-3-12(7-17)5-13(4-11)8-17/h1-2,11-13H,3-10H2,(H,22,26)(H,23,27). The molecule has 0 spiro atoms. The minimum Gasteiger partial charge on any atom is -0.273 e. The molecule has 6 nitrogen and oxygen atoms in total. The Kier molecular flexibility index (Phi) is 4.43. The number of hydrogen-bond acceptors (Lipinski definition) is 3. The molecule has 0 aromatic carbocycles. The Hall–Kier alpha value is -2.06. The van der Waals surface area contributed by atoms with Crippen molar-refractivity contribution in [2.24, 2.45) is 23.2 Å². The van der Waals surface area contributed by atoms with Gasteiger partial charge in [0, 0.05) is 12.6 Å². The molecule has 1 aromatic heterocycles. The molecule has 5 rings (SSSR count). The summed E-state index contributed by atoms with van der Waals surface area (Å²) < 4.78 is 38.4. The Labute approximate surface area is 154 Å². The Morgan fingerprint density at radius 1 is 1.07 bits per heavy atom. The van der Waals surface area contributed by atoms with E-state index in [-0.39, 0.29) is 11.3 Å². The molecule has 4 fully saturated rings. The number of alkyl halides is 3. The van der Waals surface area contributed by atoms with Crippen molar-refractivity contribution in [2.45, 2.75) is 57.7 Å². The molecule has 2 amide bonds. The zero-order valence-corrected chi connectivity index (χ0v) is 14.9. The quantitative estimate of drug-likeness (QED) is 0.784. The number of aromatic nitrogens is 2. The van der Waals surface area contributed by atoms with Crippen LogP contribution in [0.5, 0.6) is 0 Å². The van der Waals surface area contributed by atoms with Crippen LogP contribution in [-0.2, 0) is 22.3 Å². The molecule has 4 aliphatic rings. The summed E-state index contributed by atoms with van der Waals surface area (Å²) in [4.78, 5) is 24.2. The lowest BCUT2D eigenvalue weighted by molar-refractivity contribution is -0.141. The molecule has 27 heavy (non-hydrogen) atoms. The first-order valence-electron chi connectivity index (χ1n) is 9.39. The summed E-state index contributed by atoms with van der Waals surface area (Å²) in [6.07, 6.45) is 4.09. The summed E-state index contributed by atoms with van der Waals surface area (Å²) in [5.74, 6) is 1.36. The SMILES string of the molecule is O=C(Cn1ccc(C(F)(F)F)n1)NNC(=O)CC12CC3CC(CC(C3)C1)C2. The monoisotopic (exact) mass is 384 g/mol. The smallest absolute Gasteiger partial charge is 0.273 e. The molecule has 4 aliphatic carbocycles. The molecule has 4 saturated carbocycles. The lowest BCUT2D eigenvalue weighted by Gasteiger charge is -2.56. The van der Waals surface area contributed by atoms with E-state index in [1.807, 2.05) is 0 Å². The van der Waals surface area contributed by atoms with Crippen molar-refractivity contribution in [3.05, 3.63) is 18.0 Å². The van der Waals surface area contributed by atoms with Gasteiger partial charge in [0.05, 0.1) is 0 Å². The van der Waals surface area contributed by atoms with Gasteiger partial charge < -0.3 is 0 Å². The number of hydrogen-bond donors (Lipinski definition) is 2. The number of carbonyl (C=O) groups excluding carboxylic acids is 2. The van der Waals surface area contributed by atoms with Crippen LogP contribution >= 0.6 is 0 Å². The highest BCUT2D eigenvalue weighted by Gasteiger charge is 2.51. The minimum absolute atomic E-state index is 0.0627. The van der Waals surface area contributed by atoms with E-state index in [4.69, 9.17) is 0 Å². The lowest BCUT2D eigenvalue weighted by Crippen LogP contribution is -2.50. The molecule has 0 atom stereocenters. The van der Waals surface area contributed by atoms with Gasteiger partial charge in [-0.2, -0.15) is 18.3 Å². The van der Waals surface area contributed by atoms with Crippen LogP contribution in [0.1, 0.15) is 50.6 Å². The number of hydrazine groups is 1. The van der Waals surface area contributed by atoms with Gasteiger partial charge in [0.15, 0.2) is 5.69 Å². The third-order valence-electron chi connectivity index (χ3n) is 6.28. The molecule has 1 aromatic rings. The van der Waals surface area contributed by atoms with Crippen molar-refractivity contribution in [3.63, 3.8) is 0 Å². The van der Waals surface area contributed by atoms with E-state index in [1.54, 1.807) is 0 Å². The van der Waals surface area contributed by atoms with Crippen LogP contribution < -0.4 is 10.9 Å². The second-order valence-corrected chi connectivity index (χ2v) is 8.59. The zero-order valence-electron chi connectivity index (χ0n) is 14.9. The van der Waals surface area contributed by atoms with Crippen molar-refractivity contribution in [1.82, 2.24) is 20.6 Å². The molecule has 148 valence electrons. The first-order valence-corrected chi connectivity index (χ1v) is 9.39. The van der Waals surface area contributed by atoms with E-state index in [9.17, 15) is 22.8 Å². The summed E-state index contributed by atoms with van der Waals surface area (Å²) in [7, 11) is 0. The van der Waals surface area contributed by atoms with Gasteiger partial charge in [-0.15, -0.1) is 0 Å². The Balaban J connectivity index is 1.26. The molecular formula is C18H23F3N4O2. The molecule has 4 bridgehead atoms. The molecule has 0 aliphatic heterocycles. The largest absolute Gasteiger partial charge is 0.435 e. The Bertz CT molecular complexity index is 708. The van der Waals surface area contributed by atoms with Gasteiger partial charge in [0.2, 0.25) is 5.91 Å². The topological polar surface area (TPSA) is 76.0 Å². The van der Waals surface area contributed by atoms with Crippen molar-refractivity contribution >= 4 is 11.8 Å². The lowest BCUT2D eigenvalue weighted by atomic mass is 9.49. The molecule has 0 radical (unpaired) electrons. The average Bonchev–Trinajstić information content (AvgIpc) is 3.00. The van der Waals surface area contributed by atoms with Gasteiger partial charge in [0.1, 0.15) is 6.54 Å². The third-order valence-corrected chi connectivity index (χ3v) is 6.28. The van der Waals surface area contributed by atoms with Crippen molar-refractivity contribution < 1.29 is 22.8 Å². The van der Waals surface area contributed by atoms with E-state index in [1.165, 1.54) is 19.3 Å². The fourth-order valence-electron chi connectivity index (χ4n) is 5.82. The highest BCUT2D eigenvalue weighted by atomic mass is 19.4. The van der Waals surface area contributed by atoms with Crippen molar-refractivity contribution in [3.8, 4) is 0 Å². The summed E-state index contributed by atoms with van der Waals surface area (Å²) in [6.45, 7) is -0.395. The van der Waals surface area contributed by atoms with E-state index in [0.29, 0.717) is 6.42 Å². The highest BCUT2D eigenvalue weighted by molar-refractivity contribution is 5.82. The molecule has 9 heteroatoms. The Morgan fingerprint density at radius 3 is 2.15 bits per heavy atom. The fourth-order valence-corrected chi connectivity index (χ4v) is 5.82. The molecule has 1 heterocycles.